The molecule has 1 aromatic rings. The highest BCUT2D eigenvalue weighted by molar-refractivity contribution is 7.52. The van der Waals surface area contributed by atoms with Crippen LogP contribution in [-0.4, -0.2) is 44.5 Å². The molecule has 1 rings (SSSR count). The van der Waals surface area contributed by atoms with Crippen molar-refractivity contribution in [3.63, 3.8) is 0 Å². The van der Waals surface area contributed by atoms with E-state index in [1.807, 2.05) is 4.98 Å². The molecule has 0 amide bonds. The van der Waals surface area contributed by atoms with Gasteiger partial charge in [-0.25, -0.2) is 4.79 Å². The molecule has 1 heterocycles. The Hall–Kier alpha value is -1.25. The molecule has 0 spiro atoms. The topological polar surface area (TPSA) is 131 Å². The SMILES string of the molecule is CCOP(=O)(O)C[C@@H](OCn1ccc(=O)[nH]c1=O)[C@H](C)O. The summed E-state index contributed by atoms with van der Waals surface area (Å²) in [4.78, 5) is 33.9. The zero-order valence-corrected chi connectivity index (χ0v) is 12.7. The molecule has 3 atom stereocenters. The summed E-state index contributed by atoms with van der Waals surface area (Å²) in [6.07, 6.45) is -1.21. The van der Waals surface area contributed by atoms with Gasteiger partial charge in [-0.05, 0) is 13.8 Å². The number of ether oxygens (including phenoxy) is 1. The van der Waals surface area contributed by atoms with E-state index >= 15 is 0 Å². The smallest absolute Gasteiger partial charge is 0.330 e. The minimum Gasteiger partial charge on any atom is -0.391 e. The molecule has 0 aliphatic heterocycles. The quantitative estimate of drug-likeness (QED) is 0.549. The maximum atomic E-state index is 11.7. The molecule has 0 saturated heterocycles. The average Bonchev–Trinajstić information content (AvgIpc) is 2.35. The summed E-state index contributed by atoms with van der Waals surface area (Å²) in [6.45, 7) is 2.74. The highest BCUT2D eigenvalue weighted by Gasteiger charge is 2.28. The van der Waals surface area contributed by atoms with Gasteiger partial charge in [0.1, 0.15) is 6.73 Å². The summed E-state index contributed by atoms with van der Waals surface area (Å²) in [5.41, 5.74) is -1.22. The normalized spacial score (nSPS) is 17.1. The number of aromatic nitrogens is 2. The molecule has 120 valence electrons. The van der Waals surface area contributed by atoms with Crippen LogP contribution >= 0.6 is 7.60 Å². The Morgan fingerprint density at radius 2 is 2.14 bits per heavy atom. The number of nitrogens with zero attached hydrogens (tertiary/aromatic N) is 1. The van der Waals surface area contributed by atoms with Crippen molar-refractivity contribution in [2.45, 2.75) is 32.8 Å². The molecule has 0 aliphatic carbocycles. The molecule has 0 bridgehead atoms. The number of hydrogen-bond acceptors (Lipinski definition) is 6. The standard InChI is InChI=1S/C11H19N2O7P/c1-3-20-21(17,18)6-9(8(2)14)19-7-13-5-4-10(15)12-11(13)16/h4-5,8-9,14H,3,6-7H2,1-2H3,(H,17,18)(H,12,15,16)/t8-,9+/m0/s1. The zero-order chi connectivity index (χ0) is 16.0. The molecule has 1 aromatic heterocycles. The average molecular weight is 322 g/mol. The molecule has 9 nitrogen and oxygen atoms in total. The molecule has 21 heavy (non-hydrogen) atoms. The second-order valence-corrected chi connectivity index (χ2v) is 6.29. The van der Waals surface area contributed by atoms with Crippen molar-refractivity contribution in [3.8, 4) is 0 Å². The van der Waals surface area contributed by atoms with Gasteiger partial charge < -0.3 is 19.3 Å². The zero-order valence-electron chi connectivity index (χ0n) is 11.8. The van der Waals surface area contributed by atoms with Crippen molar-refractivity contribution in [1.29, 1.82) is 0 Å². The number of rotatable bonds is 8. The van der Waals surface area contributed by atoms with E-state index in [9.17, 15) is 24.2 Å². The Morgan fingerprint density at radius 1 is 1.48 bits per heavy atom. The molecular formula is C11H19N2O7P. The van der Waals surface area contributed by atoms with Crippen LogP contribution < -0.4 is 11.2 Å². The van der Waals surface area contributed by atoms with E-state index in [0.717, 1.165) is 10.6 Å². The van der Waals surface area contributed by atoms with Crippen molar-refractivity contribution < 1.29 is 23.8 Å². The number of H-pyrrole nitrogens is 1. The Bertz CT molecular complexity index is 609. The number of aliphatic hydroxyl groups excluding tert-OH is 1. The van der Waals surface area contributed by atoms with Crippen molar-refractivity contribution in [3.05, 3.63) is 33.1 Å². The third kappa shape index (κ3) is 5.94. The number of aromatic amines is 1. The van der Waals surface area contributed by atoms with Crippen LogP contribution in [0.25, 0.3) is 0 Å². The van der Waals surface area contributed by atoms with Gasteiger partial charge in [-0.15, -0.1) is 0 Å². The molecule has 0 saturated carbocycles. The van der Waals surface area contributed by atoms with Crippen LogP contribution in [0, 0.1) is 0 Å². The van der Waals surface area contributed by atoms with Gasteiger partial charge in [-0.2, -0.15) is 0 Å². The van der Waals surface area contributed by atoms with E-state index in [2.05, 4.69) is 0 Å². The van der Waals surface area contributed by atoms with E-state index in [0.29, 0.717) is 0 Å². The lowest BCUT2D eigenvalue weighted by Gasteiger charge is -2.23. The van der Waals surface area contributed by atoms with Crippen LogP contribution in [0.5, 0.6) is 0 Å². The fourth-order valence-electron chi connectivity index (χ4n) is 1.55. The van der Waals surface area contributed by atoms with Crippen LogP contribution in [0.2, 0.25) is 0 Å². The van der Waals surface area contributed by atoms with Crippen molar-refractivity contribution in [2.75, 3.05) is 12.8 Å². The first kappa shape index (κ1) is 17.8. The van der Waals surface area contributed by atoms with Gasteiger partial charge in [0.15, 0.2) is 0 Å². The Balaban J connectivity index is 2.73. The van der Waals surface area contributed by atoms with Crippen LogP contribution in [-0.2, 0) is 20.6 Å². The van der Waals surface area contributed by atoms with Crippen LogP contribution in [0.4, 0.5) is 0 Å². The van der Waals surface area contributed by atoms with E-state index in [1.54, 1.807) is 6.92 Å². The van der Waals surface area contributed by atoms with Crippen molar-refractivity contribution in [1.82, 2.24) is 9.55 Å². The third-order valence-corrected chi connectivity index (χ3v) is 4.09. The molecule has 1 unspecified atom stereocenters. The maximum Gasteiger partial charge on any atom is 0.330 e. The minimum absolute atomic E-state index is 0.0552. The minimum atomic E-state index is -3.87. The van der Waals surface area contributed by atoms with E-state index < -0.39 is 37.2 Å². The van der Waals surface area contributed by atoms with Crippen LogP contribution in [0.15, 0.2) is 21.9 Å². The molecular weight excluding hydrogens is 303 g/mol. The Morgan fingerprint density at radius 3 is 2.67 bits per heavy atom. The fraction of sp³-hybridized carbons (Fsp3) is 0.636. The third-order valence-electron chi connectivity index (χ3n) is 2.60. The van der Waals surface area contributed by atoms with Crippen LogP contribution in [0.1, 0.15) is 13.8 Å². The second kappa shape index (κ2) is 7.67. The van der Waals surface area contributed by atoms with Gasteiger partial charge in [-0.3, -0.25) is 18.9 Å². The van der Waals surface area contributed by atoms with Crippen molar-refractivity contribution >= 4 is 7.60 Å². The van der Waals surface area contributed by atoms with E-state index in [-0.39, 0.29) is 13.3 Å². The predicted octanol–water partition coefficient (Wildman–Crippen LogP) is -0.518. The lowest BCUT2D eigenvalue weighted by Crippen LogP contribution is -2.35. The largest absolute Gasteiger partial charge is 0.391 e. The number of hydrogen-bond donors (Lipinski definition) is 3. The monoisotopic (exact) mass is 322 g/mol. The molecule has 0 aromatic carbocycles. The van der Waals surface area contributed by atoms with E-state index in [1.165, 1.54) is 13.1 Å². The lowest BCUT2D eigenvalue weighted by atomic mass is 10.2. The van der Waals surface area contributed by atoms with Crippen LogP contribution in [0.3, 0.4) is 0 Å². The van der Waals surface area contributed by atoms with Gasteiger partial charge in [0.2, 0.25) is 0 Å². The molecule has 0 aliphatic rings. The summed E-state index contributed by atoms with van der Waals surface area (Å²) in [6, 6.07) is 1.14. The summed E-state index contributed by atoms with van der Waals surface area (Å²) in [5, 5.41) is 9.58. The van der Waals surface area contributed by atoms with Gasteiger partial charge in [-0.1, -0.05) is 0 Å². The molecule has 0 fully saturated rings. The number of nitrogens with one attached hydrogen (secondary N) is 1. The van der Waals surface area contributed by atoms with Gasteiger partial charge in [0.05, 0.1) is 25.0 Å². The predicted molar refractivity (Wildman–Crippen MR) is 74.2 cm³/mol. The molecule has 0 radical (unpaired) electrons. The first-order valence-corrected chi connectivity index (χ1v) is 8.07. The lowest BCUT2D eigenvalue weighted by molar-refractivity contribution is -0.0498. The Kier molecular flexibility index (Phi) is 6.50. The summed E-state index contributed by atoms with van der Waals surface area (Å²) in [5.74, 6) is 0. The highest BCUT2D eigenvalue weighted by Crippen LogP contribution is 2.43. The summed E-state index contributed by atoms with van der Waals surface area (Å²) in [7, 11) is -3.87. The molecule has 10 heteroatoms. The van der Waals surface area contributed by atoms with Gasteiger partial charge in [0, 0.05) is 12.3 Å². The maximum absolute atomic E-state index is 11.7. The second-order valence-electron chi connectivity index (χ2n) is 4.39. The summed E-state index contributed by atoms with van der Waals surface area (Å²) >= 11 is 0. The highest BCUT2D eigenvalue weighted by atomic mass is 31.2. The number of aliphatic hydroxyl groups is 1. The first-order valence-electron chi connectivity index (χ1n) is 6.31. The summed E-state index contributed by atoms with van der Waals surface area (Å²) < 4.78 is 22.7. The first-order chi connectivity index (χ1) is 9.75. The van der Waals surface area contributed by atoms with Gasteiger partial charge in [0.25, 0.3) is 5.56 Å². The van der Waals surface area contributed by atoms with Gasteiger partial charge >= 0.3 is 13.3 Å². The van der Waals surface area contributed by atoms with Crippen molar-refractivity contribution in [2.24, 2.45) is 0 Å². The molecule has 3 N–H and O–H groups in total. The van der Waals surface area contributed by atoms with E-state index in [4.69, 9.17) is 9.26 Å². The Labute approximate surface area is 120 Å². The fourth-order valence-corrected chi connectivity index (χ4v) is 2.92.